The second-order valence-electron chi connectivity index (χ2n) is 4.96. The first-order valence-corrected chi connectivity index (χ1v) is 8.48. The quantitative estimate of drug-likeness (QED) is 0.340. The van der Waals surface area contributed by atoms with E-state index in [4.69, 9.17) is 0 Å². The number of hydrogen-bond acceptors (Lipinski definition) is 2. The maximum atomic E-state index is 11.7. The van der Waals surface area contributed by atoms with Crippen LogP contribution in [0.4, 0.5) is 0 Å². The number of carbonyl (C=O) groups excluding carboxylic acids is 2. The fraction of sp³-hybridized carbons (Fsp3) is 0.500. The third-order valence-electron chi connectivity index (χ3n) is 3.19. The topological polar surface area (TPSA) is 58.2 Å². The molecule has 0 heterocycles. The number of halogens is 1. The van der Waals surface area contributed by atoms with Gasteiger partial charge in [-0.3, -0.25) is 9.59 Å². The molecule has 21 heavy (non-hydrogen) atoms. The van der Waals surface area contributed by atoms with Crippen LogP contribution in [0.15, 0.2) is 24.3 Å². The van der Waals surface area contributed by atoms with E-state index < -0.39 is 0 Å². The first-order valence-electron chi connectivity index (χ1n) is 7.40. The van der Waals surface area contributed by atoms with Gasteiger partial charge in [0.25, 0.3) is 0 Å². The lowest BCUT2D eigenvalue weighted by molar-refractivity contribution is -0.121. The van der Waals surface area contributed by atoms with Gasteiger partial charge in [0.05, 0.1) is 0 Å². The molecule has 0 radical (unpaired) electrons. The monoisotopic (exact) mass is 402 g/mol. The molecule has 1 aromatic rings. The van der Waals surface area contributed by atoms with Gasteiger partial charge in [-0.05, 0) is 72.4 Å². The number of nitrogens with one attached hydrogen (secondary N) is 2. The molecular formula is C16H23IN2O2. The minimum absolute atomic E-state index is 0.131. The molecular weight excluding hydrogens is 379 g/mol. The van der Waals surface area contributed by atoms with Gasteiger partial charge in [0, 0.05) is 23.1 Å². The van der Waals surface area contributed by atoms with E-state index in [0.717, 1.165) is 45.1 Å². The summed E-state index contributed by atoms with van der Waals surface area (Å²) >= 11 is 2.29. The fourth-order valence-corrected chi connectivity index (χ4v) is 2.37. The number of aryl methyl sites for hydroxylation is 1. The predicted octanol–water partition coefficient (Wildman–Crippen LogP) is 2.65. The van der Waals surface area contributed by atoms with Gasteiger partial charge in [-0.25, -0.2) is 0 Å². The number of benzene rings is 1. The molecule has 0 saturated carbocycles. The lowest BCUT2D eigenvalue weighted by Crippen LogP contribution is -2.24. The summed E-state index contributed by atoms with van der Waals surface area (Å²) in [5.41, 5.74) is 1.28. The Kier molecular flexibility index (Phi) is 9.86. The highest BCUT2D eigenvalue weighted by Crippen LogP contribution is 2.09. The molecule has 4 nitrogen and oxygen atoms in total. The van der Waals surface area contributed by atoms with Crippen LogP contribution in [0.2, 0.25) is 0 Å². The van der Waals surface area contributed by atoms with Crippen LogP contribution in [0.5, 0.6) is 0 Å². The van der Waals surface area contributed by atoms with E-state index in [-0.39, 0.29) is 5.91 Å². The Bertz CT molecular complexity index is 421. The predicted molar refractivity (Wildman–Crippen MR) is 93.0 cm³/mol. The van der Waals surface area contributed by atoms with Gasteiger partial charge in [0.1, 0.15) is 0 Å². The zero-order valence-electron chi connectivity index (χ0n) is 12.2. The molecule has 0 aliphatic heterocycles. The van der Waals surface area contributed by atoms with Gasteiger partial charge in [-0.15, -0.1) is 0 Å². The molecule has 0 unspecified atom stereocenters. The molecule has 0 fully saturated rings. The number of hydrogen-bond donors (Lipinski definition) is 2. The highest BCUT2D eigenvalue weighted by atomic mass is 127. The number of carbonyl (C=O) groups is 2. The summed E-state index contributed by atoms with van der Waals surface area (Å²) in [4.78, 5) is 21.7. The van der Waals surface area contributed by atoms with Crippen molar-refractivity contribution in [3.63, 3.8) is 0 Å². The Balaban J connectivity index is 1.98. The second kappa shape index (κ2) is 11.5. The average molecular weight is 402 g/mol. The zero-order chi connectivity index (χ0) is 15.3. The standard InChI is InChI=1S/C16H23IN2O2/c17-15-9-7-14(8-10-15)5-4-6-16(21)19-12-3-1-2-11-18-13-20/h7-10,13H,1-6,11-12H2,(H,18,20)(H,19,21). The third kappa shape index (κ3) is 9.44. The molecule has 2 amide bonds. The summed E-state index contributed by atoms with van der Waals surface area (Å²) in [5.74, 6) is 0.131. The van der Waals surface area contributed by atoms with Crippen molar-refractivity contribution < 1.29 is 9.59 Å². The molecule has 0 aliphatic rings. The maximum absolute atomic E-state index is 11.7. The van der Waals surface area contributed by atoms with Crippen molar-refractivity contribution in [2.24, 2.45) is 0 Å². The van der Waals surface area contributed by atoms with E-state index in [2.05, 4.69) is 57.5 Å². The lowest BCUT2D eigenvalue weighted by atomic mass is 10.1. The zero-order valence-corrected chi connectivity index (χ0v) is 14.4. The minimum Gasteiger partial charge on any atom is -0.359 e. The average Bonchev–Trinajstić information content (AvgIpc) is 2.48. The van der Waals surface area contributed by atoms with Crippen LogP contribution in [-0.2, 0) is 16.0 Å². The molecule has 116 valence electrons. The van der Waals surface area contributed by atoms with Crippen molar-refractivity contribution in [2.75, 3.05) is 13.1 Å². The highest BCUT2D eigenvalue weighted by molar-refractivity contribution is 14.1. The molecule has 1 rings (SSSR count). The van der Waals surface area contributed by atoms with E-state index in [1.165, 1.54) is 9.13 Å². The van der Waals surface area contributed by atoms with Crippen molar-refractivity contribution in [1.29, 1.82) is 0 Å². The molecule has 0 saturated heterocycles. The fourth-order valence-electron chi connectivity index (χ4n) is 2.01. The van der Waals surface area contributed by atoms with E-state index in [1.807, 2.05) is 0 Å². The molecule has 0 spiro atoms. The smallest absolute Gasteiger partial charge is 0.220 e. The van der Waals surface area contributed by atoms with Gasteiger partial charge in [-0.1, -0.05) is 12.1 Å². The van der Waals surface area contributed by atoms with Gasteiger partial charge in [0.15, 0.2) is 0 Å². The van der Waals surface area contributed by atoms with Crippen LogP contribution in [0.1, 0.15) is 37.7 Å². The van der Waals surface area contributed by atoms with E-state index in [1.54, 1.807) is 0 Å². The summed E-state index contributed by atoms with van der Waals surface area (Å²) in [5, 5.41) is 5.57. The first-order chi connectivity index (χ1) is 10.2. The van der Waals surface area contributed by atoms with E-state index in [0.29, 0.717) is 13.0 Å². The van der Waals surface area contributed by atoms with Gasteiger partial charge < -0.3 is 10.6 Å². The molecule has 0 aromatic heterocycles. The van der Waals surface area contributed by atoms with Gasteiger partial charge >= 0.3 is 0 Å². The third-order valence-corrected chi connectivity index (χ3v) is 3.91. The molecule has 5 heteroatoms. The Hall–Kier alpha value is -1.11. The van der Waals surface area contributed by atoms with Crippen molar-refractivity contribution in [3.05, 3.63) is 33.4 Å². The Labute approximate surface area is 140 Å². The Morgan fingerprint density at radius 2 is 1.76 bits per heavy atom. The molecule has 0 atom stereocenters. The lowest BCUT2D eigenvalue weighted by Gasteiger charge is -2.05. The van der Waals surface area contributed by atoms with Crippen molar-refractivity contribution >= 4 is 34.9 Å². The summed E-state index contributed by atoms with van der Waals surface area (Å²) in [6.45, 7) is 1.44. The Morgan fingerprint density at radius 3 is 2.48 bits per heavy atom. The summed E-state index contributed by atoms with van der Waals surface area (Å²) in [6.07, 6.45) is 6.07. The van der Waals surface area contributed by atoms with Crippen LogP contribution in [0.3, 0.4) is 0 Å². The van der Waals surface area contributed by atoms with E-state index >= 15 is 0 Å². The SMILES string of the molecule is O=CNCCCCCNC(=O)CCCc1ccc(I)cc1. The van der Waals surface area contributed by atoms with Gasteiger partial charge in [0.2, 0.25) is 12.3 Å². The van der Waals surface area contributed by atoms with Crippen LogP contribution in [0, 0.1) is 3.57 Å². The molecule has 0 bridgehead atoms. The minimum atomic E-state index is 0.131. The highest BCUT2D eigenvalue weighted by Gasteiger charge is 2.01. The van der Waals surface area contributed by atoms with Crippen LogP contribution in [0.25, 0.3) is 0 Å². The summed E-state index contributed by atoms with van der Waals surface area (Å²) in [6, 6.07) is 8.42. The van der Waals surface area contributed by atoms with Crippen LogP contribution < -0.4 is 10.6 Å². The first kappa shape index (κ1) is 17.9. The molecule has 0 aliphatic carbocycles. The largest absolute Gasteiger partial charge is 0.359 e. The summed E-state index contributed by atoms with van der Waals surface area (Å²) < 4.78 is 1.23. The van der Waals surface area contributed by atoms with E-state index in [9.17, 15) is 9.59 Å². The van der Waals surface area contributed by atoms with Crippen LogP contribution in [-0.4, -0.2) is 25.4 Å². The van der Waals surface area contributed by atoms with Gasteiger partial charge in [-0.2, -0.15) is 0 Å². The Morgan fingerprint density at radius 1 is 1.05 bits per heavy atom. The number of rotatable bonds is 11. The van der Waals surface area contributed by atoms with Crippen molar-refractivity contribution in [1.82, 2.24) is 10.6 Å². The second-order valence-corrected chi connectivity index (χ2v) is 6.21. The van der Waals surface area contributed by atoms with Crippen molar-refractivity contribution in [2.45, 2.75) is 38.5 Å². The maximum Gasteiger partial charge on any atom is 0.220 e. The number of amides is 2. The normalized spacial score (nSPS) is 10.1. The molecule has 2 N–H and O–H groups in total. The molecule has 1 aromatic carbocycles. The van der Waals surface area contributed by atoms with Crippen molar-refractivity contribution in [3.8, 4) is 0 Å². The van der Waals surface area contributed by atoms with Crippen LogP contribution >= 0.6 is 22.6 Å². The number of unbranched alkanes of at least 4 members (excludes halogenated alkanes) is 2. The summed E-state index contributed by atoms with van der Waals surface area (Å²) in [7, 11) is 0.